The van der Waals surface area contributed by atoms with Crippen LogP contribution in [0.3, 0.4) is 0 Å². The Morgan fingerprint density at radius 3 is 2.54 bits per heavy atom. The van der Waals surface area contributed by atoms with Crippen molar-refractivity contribution < 1.29 is 9.72 Å². The highest BCUT2D eigenvalue weighted by Crippen LogP contribution is 2.20. The molecule has 0 aliphatic carbocycles. The number of ketones is 1. The molecule has 0 unspecified atom stereocenters. The highest BCUT2D eigenvalue weighted by Gasteiger charge is 2.18. The summed E-state index contributed by atoms with van der Waals surface area (Å²) in [5.41, 5.74) is 1.89. The molecule has 0 amide bonds. The Hall–Kier alpha value is -4.07. The monoisotopic (exact) mass is 373 g/mol. The summed E-state index contributed by atoms with van der Waals surface area (Å²) in [5, 5.41) is 11.2. The fraction of sp³-hybridized carbons (Fsp3) is 0.0500. The van der Waals surface area contributed by atoms with E-state index in [0.717, 1.165) is 5.69 Å². The van der Waals surface area contributed by atoms with Crippen LogP contribution in [0.5, 0.6) is 0 Å². The number of nitrogens with zero attached hydrogens (tertiary/aromatic N) is 5. The van der Waals surface area contributed by atoms with E-state index in [1.165, 1.54) is 12.3 Å². The van der Waals surface area contributed by atoms with E-state index < -0.39 is 4.92 Å². The fourth-order valence-corrected chi connectivity index (χ4v) is 2.98. The van der Waals surface area contributed by atoms with Crippen molar-refractivity contribution in [1.82, 2.24) is 19.1 Å². The van der Waals surface area contributed by atoms with Gasteiger partial charge in [-0.1, -0.05) is 18.2 Å². The summed E-state index contributed by atoms with van der Waals surface area (Å²) in [5.74, 6) is -0.0192. The van der Waals surface area contributed by atoms with Gasteiger partial charge in [-0.05, 0) is 24.3 Å². The number of nitro groups is 1. The zero-order chi connectivity index (χ0) is 19.5. The molecule has 0 atom stereocenters. The minimum absolute atomic E-state index is 0.0132. The summed E-state index contributed by atoms with van der Waals surface area (Å²) in [6.07, 6.45) is 8.33. The average Bonchev–Trinajstić information content (AvgIpc) is 3.40. The number of hydrogen-bond donors (Lipinski definition) is 0. The van der Waals surface area contributed by atoms with Crippen molar-refractivity contribution in [3.63, 3.8) is 0 Å². The molecule has 0 saturated carbocycles. The van der Waals surface area contributed by atoms with Gasteiger partial charge in [-0.15, -0.1) is 0 Å². The molecule has 28 heavy (non-hydrogen) atoms. The van der Waals surface area contributed by atoms with E-state index in [0.29, 0.717) is 11.1 Å². The van der Waals surface area contributed by atoms with E-state index >= 15 is 0 Å². The van der Waals surface area contributed by atoms with Crippen LogP contribution in [0.15, 0.2) is 79.6 Å². The number of carbonyl (C=O) groups is 1. The van der Waals surface area contributed by atoms with Gasteiger partial charge in [0.2, 0.25) is 5.78 Å². The predicted octanol–water partition coefficient (Wildman–Crippen LogP) is 3.26. The summed E-state index contributed by atoms with van der Waals surface area (Å²) >= 11 is 0. The van der Waals surface area contributed by atoms with Gasteiger partial charge in [0.1, 0.15) is 0 Å². The largest absolute Gasteiger partial charge is 0.324 e. The van der Waals surface area contributed by atoms with Crippen LogP contribution in [0.1, 0.15) is 21.7 Å². The first-order valence-corrected chi connectivity index (χ1v) is 8.50. The van der Waals surface area contributed by atoms with Crippen molar-refractivity contribution in [3.05, 3.63) is 107 Å². The van der Waals surface area contributed by atoms with E-state index in [9.17, 15) is 14.9 Å². The highest BCUT2D eigenvalue weighted by atomic mass is 16.6. The normalized spacial score (nSPS) is 10.7. The molecule has 8 nitrogen and oxygen atoms in total. The number of aromatic nitrogens is 4. The number of hydrogen-bond acceptors (Lipinski definition) is 5. The summed E-state index contributed by atoms with van der Waals surface area (Å²) in [4.78, 5) is 31.9. The van der Waals surface area contributed by atoms with Crippen LogP contribution in [0.25, 0.3) is 5.69 Å². The maximum atomic E-state index is 12.9. The van der Waals surface area contributed by atoms with Gasteiger partial charge in [-0.25, -0.2) is 9.97 Å². The number of para-hydroxylation sites is 1. The van der Waals surface area contributed by atoms with Gasteiger partial charge in [0.05, 0.1) is 17.8 Å². The first kappa shape index (κ1) is 17.3. The number of benzene rings is 2. The Balaban J connectivity index is 1.60. The summed E-state index contributed by atoms with van der Waals surface area (Å²) in [7, 11) is 0. The van der Waals surface area contributed by atoms with Gasteiger partial charge in [-0.3, -0.25) is 14.9 Å². The van der Waals surface area contributed by atoms with Crippen LogP contribution in [0.2, 0.25) is 0 Å². The van der Waals surface area contributed by atoms with E-state index in [2.05, 4.69) is 9.97 Å². The predicted molar refractivity (Wildman–Crippen MR) is 101 cm³/mol. The van der Waals surface area contributed by atoms with Gasteiger partial charge in [0, 0.05) is 47.7 Å². The number of rotatable bonds is 6. The van der Waals surface area contributed by atoms with Gasteiger partial charge < -0.3 is 9.13 Å². The van der Waals surface area contributed by atoms with Gasteiger partial charge in [0.25, 0.3) is 5.69 Å². The van der Waals surface area contributed by atoms with Crippen LogP contribution >= 0.6 is 0 Å². The highest BCUT2D eigenvalue weighted by molar-refractivity contribution is 6.06. The summed E-state index contributed by atoms with van der Waals surface area (Å²) in [6, 6.07) is 13.6. The van der Waals surface area contributed by atoms with Crippen molar-refractivity contribution in [2.75, 3.05) is 0 Å². The van der Waals surface area contributed by atoms with Crippen LogP contribution in [-0.2, 0) is 6.54 Å². The molecule has 4 rings (SSSR count). The fourth-order valence-electron chi connectivity index (χ4n) is 2.98. The van der Waals surface area contributed by atoms with Crippen molar-refractivity contribution in [1.29, 1.82) is 0 Å². The second-order valence-corrected chi connectivity index (χ2v) is 6.11. The Morgan fingerprint density at radius 1 is 1.04 bits per heavy atom. The molecule has 2 aromatic carbocycles. The van der Waals surface area contributed by atoms with Crippen LogP contribution < -0.4 is 0 Å². The first-order valence-electron chi connectivity index (χ1n) is 8.50. The number of nitro benzene ring substituents is 1. The lowest BCUT2D eigenvalue weighted by Gasteiger charge is -2.08. The van der Waals surface area contributed by atoms with Crippen molar-refractivity contribution in [2.45, 2.75) is 6.54 Å². The lowest BCUT2D eigenvalue weighted by Crippen LogP contribution is -2.13. The Morgan fingerprint density at radius 2 is 1.82 bits per heavy atom. The lowest BCUT2D eigenvalue weighted by molar-refractivity contribution is -0.385. The van der Waals surface area contributed by atoms with Crippen molar-refractivity contribution in [3.8, 4) is 5.69 Å². The second-order valence-electron chi connectivity index (χ2n) is 6.11. The third kappa shape index (κ3) is 3.30. The molecule has 0 aliphatic rings. The maximum Gasteiger partial charge on any atom is 0.274 e. The minimum Gasteiger partial charge on any atom is -0.324 e. The molecule has 8 heteroatoms. The van der Waals surface area contributed by atoms with Crippen LogP contribution in [0.4, 0.5) is 5.69 Å². The Kier molecular flexibility index (Phi) is 4.51. The molecule has 2 aromatic heterocycles. The van der Waals surface area contributed by atoms with Crippen molar-refractivity contribution >= 4 is 11.5 Å². The van der Waals surface area contributed by atoms with E-state index in [-0.39, 0.29) is 23.8 Å². The van der Waals surface area contributed by atoms with Gasteiger partial charge >= 0.3 is 0 Å². The number of imidazole rings is 2. The molecule has 4 aromatic rings. The molecule has 0 aliphatic heterocycles. The van der Waals surface area contributed by atoms with E-state index in [4.69, 9.17) is 0 Å². The third-order valence-corrected chi connectivity index (χ3v) is 4.38. The topological polar surface area (TPSA) is 95.8 Å². The zero-order valence-corrected chi connectivity index (χ0v) is 14.7. The first-order chi connectivity index (χ1) is 13.6. The Labute approximate surface area is 159 Å². The summed E-state index contributed by atoms with van der Waals surface area (Å²) in [6.45, 7) is 0.186. The molecule has 138 valence electrons. The minimum atomic E-state index is -0.428. The molecule has 0 bridgehead atoms. The zero-order valence-electron chi connectivity index (χ0n) is 14.7. The molecule has 2 heterocycles. The second kappa shape index (κ2) is 7.28. The average molecular weight is 373 g/mol. The van der Waals surface area contributed by atoms with Crippen LogP contribution in [0, 0.1) is 10.1 Å². The molecule has 0 saturated heterocycles. The molecular formula is C20H15N5O3. The molecule has 0 N–H and O–H groups in total. The molecule has 0 radical (unpaired) electrons. The van der Waals surface area contributed by atoms with E-state index in [1.807, 2.05) is 22.9 Å². The third-order valence-electron chi connectivity index (χ3n) is 4.38. The lowest BCUT2D eigenvalue weighted by atomic mass is 10.1. The molecule has 0 spiro atoms. The summed E-state index contributed by atoms with van der Waals surface area (Å²) < 4.78 is 3.46. The quantitative estimate of drug-likeness (QED) is 0.294. The number of carbonyl (C=O) groups excluding carboxylic acids is 1. The Bertz CT molecular complexity index is 1130. The SMILES string of the molecule is O=C(c1ccc(-n2ccnc2)cc1)c1nccn1Cc1ccccc1[N+](=O)[O-]. The van der Waals surface area contributed by atoms with E-state index in [1.54, 1.807) is 53.6 Å². The van der Waals surface area contributed by atoms with Crippen LogP contribution in [-0.4, -0.2) is 29.8 Å². The van der Waals surface area contributed by atoms with Gasteiger partial charge in [-0.2, -0.15) is 0 Å². The molecular weight excluding hydrogens is 358 g/mol. The standard InChI is InChI=1S/C20H15N5O3/c26-19(15-5-7-17(8-6-15)24-11-9-21-14-24)20-22-10-12-23(20)13-16-3-1-2-4-18(16)25(27)28/h1-12,14H,13H2. The molecule has 0 fully saturated rings. The smallest absolute Gasteiger partial charge is 0.274 e. The maximum absolute atomic E-state index is 12.9. The van der Waals surface area contributed by atoms with Crippen molar-refractivity contribution in [2.24, 2.45) is 0 Å². The van der Waals surface area contributed by atoms with Gasteiger partial charge in [0.15, 0.2) is 5.82 Å².